The maximum atomic E-state index is 14.9. The topological polar surface area (TPSA) is 95.6 Å². The Labute approximate surface area is 174 Å². The molecule has 0 radical (unpaired) electrons. The smallest absolute Gasteiger partial charge is 0.350 e. The van der Waals surface area contributed by atoms with Gasteiger partial charge in [0.1, 0.15) is 18.1 Å². The Bertz CT molecular complexity index is 982. The first-order chi connectivity index (χ1) is 14.3. The Balaban J connectivity index is 2.07. The number of halogens is 1. The Morgan fingerprint density at radius 1 is 1.30 bits per heavy atom. The molecule has 1 N–H and O–H groups in total. The molecule has 0 saturated carbocycles. The Morgan fingerprint density at radius 3 is 2.67 bits per heavy atom. The number of cyclic esters (lactones) is 1. The minimum absolute atomic E-state index is 0.0475. The van der Waals surface area contributed by atoms with Crippen molar-refractivity contribution in [3.8, 4) is 5.69 Å². The van der Waals surface area contributed by atoms with Crippen LogP contribution in [0.15, 0.2) is 16.9 Å². The van der Waals surface area contributed by atoms with Crippen molar-refractivity contribution in [1.82, 2.24) is 14.3 Å². The summed E-state index contributed by atoms with van der Waals surface area (Å²) in [6.07, 6.45) is 0.544. The molecule has 1 aromatic carbocycles. The largest absolute Gasteiger partial charge is 0.432 e. The second-order valence-electron chi connectivity index (χ2n) is 7.72. The summed E-state index contributed by atoms with van der Waals surface area (Å²) >= 11 is 0. The summed E-state index contributed by atoms with van der Waals surface area (Å²) in [6, 6.07) is 2.46. The van der Waals surface area contributed by atoms with E-state index in [0.29, 0.717) is 24.5 Å². The zero-order valence-electron chi connectivity index (χ0n) is 17.7. The standard InChI is InChI=1S/C21H28FN3O5/c1-5-7-8-29-11-17-23-25(21(28)24(17)6-2)16-10-13-14(9-15(16)22)19(26)30-20(27)18(13)12(3)4/h9-10,12,18,20,27H,5-8,11H2,1-4H3. The van der Waals surface area contributed by atoms with Gasteiger partial charge in [0.15, 0.2) is 5.82 Å². The highest BCUT2D eigenvalue weighted by molar-refractivity contribution is 5.93. The molecule has 0 saturated heterocycles. The van der Waals surface area contributed by atoms with E-state index in [1.54, 1.807) is 6.92 Å². The number of carbonyl (C=O) groups is 1. The van der Waals surface area contributed by atoms with Crippen molar-refractivity contribution < 1.29 is 23.8 Å². The van der Waals surface area contributed by atoms with Crippen molar-refractivity contribution in [2.75, 3.05) is 6.61 Å². The number of aliphatic hydroxyl groups excluding tert-OH is 1. The SMILES string of the molecule is CCCCOCc1nn(-c2cc3c(cc2F)C(=O)OC(O)C3C(C)C)c(=O)n1CC. The third-order valence-corrected chi connectivity index (χ3v) is 5.31. The lowest BCUT2D eigenvalue weighted by Crippen LogP contribution is -2.35. The molecule has 2 unspecified atom stereocenters. The third-order valence-electron chi connectivity index (χ3n) is 5.31. The number of carbonyl (C=O) groups excluding carboxylic acids is 1. The highest BCUT2D eigenvalue weighted by atomic mass is 19.1. The van der Waals surface area contributed by atoms with Crippen molar-refractivity contribution in [3.63, 3.8) is 0 Å². The highest BCUT2D eigenvalue weighted by Crippen LogP contribution is 2.37. The quantitative estimate of drug-likeness (QED) is 0.520. The van der Waals surface area contributed by atoms with Gasteiger partial charge in [0, 0.05) is 19.1 Å². The maximum Gasteiger partial charge on any atom is 0.350 e. The number of unbranched alkanes of at least 4 members (excludes halogenated alkanes) is 1. The molecule has 0 aliphatic carbocycles. The summed E-state index contributed by atoms with van der Waals surface area (Å²) in [5, 5.41) is 14.5. The average molecular weight is 421 g/mol. The number of esters is 1. The number of aromatic nitrogens is 3. The lowest BCUT2D eigenvalue weighted by Gasteiger charge is -2.32. The van der Waals surface area contributed by atoms with E-state index in [0.717, 1.165) is 23.6 Å². The molecule has 2 atom stereocenters. The fourth-order valence-corrected chi connectivity index (χ4v) is 3.71. The first-order valence-electron chi connectivity index (χ1n) is 10.3. The molecule has 1 aliphatic rings. The van der Waals surface area contributed by atoms with Crippen LogP contribution in [0.4, 0.5) is 4.39 Å². The zero-order chi connectivity index (χ0) is 22.0. The molecule has 1 aliphatic heterocycles. The molecular weight excluding hydrogens is 393 g/mol. The van der Waals surface area contributed by atoms with E-state index in [9.17, 15) is 19.1 Å². The summed E-state index contributed by atoms with van der Waals surface area (Å²) in [7, 11) is 0. The van der Waals surface area contributed by atoms with Gasteiger partial charge in [-0.05, 0) is 37.0 Å². The van der Waals surface area contributed by atoms with Gasteiger partial charge in [-0.3, -0.25) is 4.57 Å². The van der Waals surface area contributed by atoms with Crippen LogP contribution in [0.25, 0.3) is 5.69 Å². The number of fused-ring (bicyclic) bond motifs is 1. The predicted molar refractivity (Wildman–Crippen MR) is 107 cm³/mol. The van der Waals surface area contributed by atoms with Crippen molar-refractivity contribution in [2.24, 2.45) is 5.92 Å². The van der Waals surface area contributed by atoms with E-state index in [1.807, 2.05) is 13.8 Å². The number of hydrogen-bond acceptors (Lipinski definition) is 6. The molecule has 0 fully saturated rings. The monoisotopic (exact) mass is 421 g/mol. The Morgan fingerprint density at radius 2 is 2.03 bits per heavy atom. The van der Waals surface area contributed by atoms with Gasteiger partial charge in [-0.1, -0.05) is 27.2 Å². The van der Waals surface area contributed by atoms with Gasteiger partial charge in [0.05, 0.1) is 5.56 Å². The van der Waals surface area contributed by atoms with Crippen LogP contribution in [0.3, 0.4) is 0 Å². The fourth-order valence-electron chi connectivity index (χ4n) is 3.71. The molecular formula is C21H28FN3O5. The van der Waals surface area contributed by atoms with Crippen molar-refractivity contribution in [2.45, 2.75) is 65.9 Å². The summed E-state index contributed by atoms with van der Waals surface area (Å²) in [5.41, 5.74) is -0.0889. The molecule has 0 spiro atoms. The van der Waals surface area contributed by atoms with Gasteiger partial charge in [-0.25, -0.2) is 14.0 Å². The number of nitrogens with zero attached hydrogens (tertiary/aromatic N) is 3. The Hall–Kier alpha value is -2.52. The molecule has 3 rings (SSSR count). The van der Waals surface area contributed by atoms with Crippen LogP contribution in [0.1, 0.15) is 68.2 Å². The molecule has 1 aromatic heterocycles. The summed E-state index contributed by atoms with van der Waals surface area (Å²) in [5.74, 6) is -1.80. The van der Waals surface area contributed by atoms with E-state index in [1.165, 1.54) is 10.6 Å². The first-order valence-corrected chi connectivity index (χ1v) is 10.3. The third kappa shape index (κ3) is 4.04. The molecule has 30 heavy (non-hydrogen) atoms. The number of ether oxygens (including phenoxy) is 2. The van der Waals surface area contributed by atoms with Crippen molar-refractivity contribution >= 4 is 5.97 Å². The minimum atomic E-state index is -1.34. The van der Waals surface area contributed by atoms with Crippen LogP contribution in [-0.2, 0) is 22.6 Å². The van der Waals surface area contributed by atoms with Crippen molar-refractivity contribution in [3.05, 3.63) is 45.4 Å². The van der Waals surface area contributed by atoms with Gasteiger partial charge in [0.2, 0.25) is 6.29 Å². The molecule has 0 bridgehead atoms. The molecule has 9 heteroatoms. The molecule has 164 valence electrons. The zero-order valence-corrected chi connectivity index (χ0v) is 17.7. The van der Waals surface area contributed by atoms with Crippen LogP contribution in [-0.4, -0.2) is 38.3 Å². The maximum absolute atomic E-state index is 14.9. The molecule has 8 nitrogen and oxygen atoms in total. The lowest BCUT2D eigenvalue weighted by molar-refractivity contribution is -0.0939. The number of benzene rings is 1. The van der Waals surface area contributed by atoms with E-state index in [-0.39, 0.29) is 23.8 Å². The molecule has 0 amide bonds. The fraction of sp³-hybridized carbons (Fsp3) is 0.571. The van der Waals surface area contributed by atoms with E-state index >= 15 is 0 Å². The number of hydrogen-bond donors (Lipinski definition) is 1. The van der Waals surface area contributed by atoms with Gasteiger partial charge in [-0.2, -0.15) is 4.68 Å². The summed E-state index contributed by atoms with van der Waals surface area (Å²) in [4.78, 5) is 25.0. The van der Waals surface area contributed by atoms with E-state index in [2.05, 4.69) is 12.0 Å². The van der Waals surface area contributed by atoms with Crippen LogP contribution >= 0.6 is 0 Å². The predicted octanol–water partition coefficient (Wildman–Crippen LogP) is 2.74. The first kappa shape index (κ1) is 22.2. The number of aliphatic hydroxyl groups is 1. The highest BCUT2D eigenvalue weighted by Gasteiger charge is 2.37. The second kappa shape index (κ2) is 9.09. The van der Waals surface area contributed by atoms with E-state index < -0.39 is 29.7 Å². The Kier molecular flexibility index (Phi) is 6.72. The van der Waals surface area contributed by atoms with Crippen LogP contribution in [0.2, 0.25) is 0 Å². The van der Waals surface area contributed by atoms with Crippen LogP contribution < -0.4 is 5.69 Å². The van der Waals surface area contributed by atoms with Gasteiger partial charge < -0.3 is 14.6 Å². The van der Waals surface area contributed by atoms with Gasteiger partial charge in [-0.15, -0.1) is 5.10 Å². The van der Waals surface area contributed by atoms with Crippen LogP contribution in [0, 0.1) is 11.7 Å². The normalized spacial score (nSPS) is 18.6. The van der Waals surface area contributed by atoms with Gasteiger partial charge >= 0.3 is 11.7 Å². The average Bonchev–Trinajstić information content (AvgIpc) is 3.00. The second-order valence-corrected chi connectivity index (χ2v) is 7.72. The minimum Gasteiger partial charge on any atom is -0.432 e. The van der Waals surface area contributed by atoms with Gasteiger partial charge in [0.25, 0.3) is 0 Å². The molecule has 2 heterocycles. The van der Waals surface area contributed by atoms with Crippen molar-refractivity contribution in [1.29, 1.82) is 0 Å². The number of rotatable bonds is 8. The summed E-state index contributed by atoms with van der Waals surface area (Å²) < 4.78 is 27.9. The lowest BCUT2D eigenvalue weighted by atomic mass is 9.83. The van der Waals surface area contributed by atoms with E-state index in [4.69, 9.17) is 9.47 Å². The molecule has 2 aromatic rings. The van der Waals surface area contributed by atoms with Crippen LogP contribution in [0.5, 0.6) is 0 Å². The summed E-state index contributed by atoms with van der Waals surface area (Å²) in [6.45, 7) is 8.63.